The van der Waals surface area contributed by atoms with E-state index in [9.17, 15) is 0 Å². The highest BCUT2D eigenvalue weighted by molar-refractivity contribution is 5.55. The maximum Gasteiger partial charge on any atom is 0.257 e. The van der Waals surface area contributed by atoms with E-state index in [2.05, 4.69) is 33.4 Å². The lowest BCUT2D eigenvalue weighted by Crippen LogP contribution is -2.35. The van der Waals surface area contributed by atoms with E-state index in [-0.39, 0.29) is 0 Å². The summed E-state index contributed by atoms with van der Waals surface area (Å²) in [6.07, 6.45) is 9.92. The van der Waals surface area contributed by atoms with Crippen molar-refractivity contribution in [2.24, 2.45) is 0 Å². The smallest absolute Gasteiger partial charge is 0.257 e. The lowest BCUT2D eigenvalue weighted by Gasteiger charge is -2.26. The van der Waals surface area contributed by atoms with Crippen molar-refractivity contribution in [1.29, 1.82) is 0 Å². The fourth-order valence-corrected chi connectivity index (χ4v) is 4.43. The molecule has 140 valence electrons. The highest BCUT2D eigenvalue weighted by Gasteiger charge is 2.25. The van der Waals surface area contributed by atoms with E-state index >= 15 is 0 Å². The molecule has 1 aliphatic heterocycles. The molecule has 0 radical (unpaired) electrons. The second kappa shape index (κ2) is 6.93. The van der Waals surface area contributed by atoms with Crippen LogP contribution in [0.5, 0.6) is 0 Å². The van der Waals surface area contributed by atoms with Crippen molar-refractivity contribution in [3.8, 4) is 17.1 Å². The van der Waals surface area contributed by atoms with Gasteiger partial charge < -0.3 is 4.52 Å². The van der Waals surface area contributed by atoms with E-state index in [1.807, 2.05) is 23.7 Å². The molecule has 2 aromatic heterocycles. The van der Waals surface area contributed by atoms with Crippen molar-refractivity contribution in [2.75, 3.05) is 13.1 Å². The highest BCUT2D eigenvalue weighted by Crippen LogP contribution is 2.26. The van der Waals surface area contributed by atoms with Gasteiger partial charge in [0.2, 0.25) is 0 Å². The van der Waals surface area contributed by atoms with E-state index < -0.39 is 0 Å². The van der Waals surface area contributed by atoms with E-state index in [4.69, 9.17) is 9.62 Å². The molecular formula is C21H25N5O. The molecule has 0 unspecified atom stereocenters. The predicted octanol–water partition coefficient (Wildman–Crippen LogP) is 3.57. The topological polar surface area (TPSA) is 60.0 Å². The van der Waals surface area contributed by atoms with Gasteiger partial charge in [0.25, 0.3) is 5.89 Å². The number of benzene rings is 1. The molecule has 0 amide bonds. The summed E-state index contributed by atoms with van der Waals surface area (Å²) >= 11 is 0. The zero-order valence-corrected chi connectivity index (χ0v) is 15.8. The van der Waals surface area contributed by atoms with Crippen LogP contribution in [-0.4, -0.2) is 44.0 Å². The molecule has 3 heterocycles. The minimum Gasteiger partial charge on any atom is -0.334 e. The second-order valence-corrected chi connectivity index (χ2v) is 7.71. The normalized spacial score (nSPS) is 18.6. The summed E-state index contributed by atoms with van der Waals surface area (Å²) in [5.41, 5.74) is 4.65. The number of fused-ring (bicyclic) bond motifs is 1. The lowest BCUT2D eigenvalue weighted by atomic mass is 10.1. The quantitative estimate of drug-likeness (QED) is 0.712. The molecule has 0 saturated heterocycles. The van der Waals surface area contributed by atoms with Crippen LogP contribution in [0.25, 0.3) is 17.1 Å². The van der Waals surface area contributed by atoms with Crippen molar-refractivity contribution in [2.45, 2.75) is 51.5 Å². The van der Waals surface area contributed by atoms with Crippen molar-refractivity contribution >= 4 is 0 Å². The average molecular weight is 363 g/mol. The van der Waals surface area contributed by atoms with Crippen LogP contribution in [0.2, 0.25) is 0 Å². The Balaban J connectivity index is 1.32. The van der Waals surface area contributed by atoms with Crippen LogP contribution in [0.3, 0.4) is 0 Å². The third-order valence-corrected chi connectivity index (χ3v) is 5.93. The van der Waals surface area contributed by atoms with Crippen molar-refractivity contribution in [1.82, 2.24) is 24.8 Å². The number of aromatic nitrogens is 4. The maximum atomic E-state index is 5.24. The Hall–Kier alpha value is -2.47. The first-order chi connectivity index (χ1) is 13.3. The molecule has 0 N–H and O–H groups in total. The van der Waals surface area contributed by atoms with Crippen molar-refractivity contribution < 1.29 is 4.52 Å². The molecule has 1 saturated carbocycles. The van der Waals surface area contributed by atoms with Crippen molar-refractivity contribution in [3.63, 3.8) is 0 Å². The first-order valence-corrected chi connectivity index (χ1v) is 9.99. The first-order valence-electron chi connectivity index (χ1n) is 9.99. The van der Waals surface area contributed by atoms with Gasteiger partial charge in [0.05, 0.1) is 11.4 Å². The molecule has 2 aliphatic rings. The molecule has 1 aromatic carbocycles. The monoisotopic (exact) mass is 363 g/mol. The van der Waals surface area contributed by atoms with E-state index in [0.717, 1.165) is 36.7 Å². The van der Waals surface area contributed by atoms with E-state index in [0.29, 0.717) is 11.7 Å². The molecular weight excluding hydrogens is 338 g/mol. The van der Waals surface area contributed by atoms with E-state index in [1.165, 1.54) is 43.5 Å². The maximum absolute atomic E-state index is 5.24. The van der Waals surface area contributed by atoms with Gasteiger partial charge in [0, 0.05) is 37.3 Å². The molecule has 1 aliphatic carbocycles. The summed E-state index contributed by atoms with van der Waals surface area (Å²) in [5.74, 6) is 1.21. The zero-order valence-electron chi connectivity index (χ0n) is 15.8. The Kier molecular flexibility index (Phi) is 4.28. The largest absolute Gasteiger partial charge is 0.334 e. The SMILES string of the molecule is Cc1noc(-c2ccc(-n3cc4c(n3)CCN(C3CCCC3)CC4)cc2)n1. The lowest BCUT2D eigenvalue weighted by molar-refractivity contribution is 0.207. The average Bonchev–Trinajstić information content (AvgIpc) is 3.42. The highest BCUT2D eigenvalue weighted by atomic mass is 16.5. The summed E-state index contributed by atoms with van der Waals surface area (Å²) in [4.78, 5) is 6.98. The standard InChI is InChI=1S/C21H25N5O/c1-15-22-21(27-24-15)16-6-8-19(9-7-16)26-14-17-10-12-25(13-11-20(17)23-26)18-4-2-3-5-18/h6-9,14,18H,2-5,10-13H2,1H3. The van der Waals surface area contributed by atoms with Crippen LogP contribution >= 0.6 is 0 Å². The molecule has 27 heavy (non-hydrogen) atoms. The predicted molar refractivity (Wildman–Crippen MR) is 103 cm³/mol. The third kappa shape index (κ3) is 3.30. The van der Waals surface area contributed by atoms with Gasteiger partial charge in [-0.1, -0.05) is 18.0 Å². The zero-order chi connectivity index (χ0) is 18.2. The van der Waals surface area contributed by atoms with Crippen LogP contribution in [0.1, 0.15) is 42.8 Å². The Labute approximate surface area is 159 Å². The molecule has 3 aromatic rings. The Bertz CT molecular complexity index is 895. The molecule has 1 fully saturated rings. The fraction of sp³-hybridized carbons (Fsp3) is 0.476. The van der Waals surface area contributed by atoms with Gasteiger partial charge in [-0.25, -0.2) is 4.68 Å². The summed E-state index contributed by atoms with van der Waals surface area (Å²) in [6, 6.07) is 8.95. The number of nitrogens with zero attached hydrogens (tertiary/aromatic N) is 5. The van der Waals surface area contributed by atoms with Gasteiger partial charge in [-0.15, -0.1) is 0 Å². The second-order valence-electron chi connectivity index (χ2n) is 7.71. The Morgan fingerprint density at radius 1 is 1.04 bits per heavy atom. The summed E-state index contributed by atoms with van der Waals surface area (Å²) in [6.45, 7) is 4.13. The van der Waals surface area contributed by atoms with Crippen molar-refractivity contribution in [3.05, 3.63) is 47.5 Å². The van der Waals surface area contributed by atoms with Gasteiger partial charge in [0.15, 0.2) is 5.82 Å². The summed E-state index contributed by atoms with van der Waals surface area (Å²) in [7, 11) is 0. The number of hydrogen-bond donors (Lipinski definition) is 0. The third-order valence-electron chi connectivity index (χ3n) is 5.93. The minimum atomic E-state index is 0.558. The number of hydrogen-bond acceptors (Lipinski definition) is 5. The van der Waals surface area contributed by atoms with E-state index in [1.54, 1.807) is 0 Å². The van der Waals surface area contributed by atoms with Gasteiger partial charge in [0.1, 0.15) is 0 Å². The molecule has 0 bridgehead atoms. The first kappa shape index (κ1) is 16.7. The number of aryl methyl sites for hydroxylation is 1. The Morgan fingerprint density at radius 2 is 1.81 bits per heavy atom. The Morgan fingerprint density at radius 3 is 2.56 bits per heavy atom. The van der Waals surface area contributed by atoms with Crippen LogP contribution in [0, 0.1) is 6.92 Å². The van der Waals surface area contributed by atoms with Gasteiger partial charge in [-0.05, 0) is 56.0 Å². The van der Waals surface area contributed by atoms with Crippen LogP contribution < -0.4 is 0 Å². The number of rotatable bonds is 3. The van der Waals surface area contributed by atoms with Gasteiger partial charge in [-0.3, -0.25) is 4.90 Å². The van der Waals surface area contributed by atoms with Crippen LogP contribution in [-0.2, 0) is 12.8 Å². The molecule has 5 rings (SSSR count). The summed E-state index contributed by atoms with van der Waals surface area (Å²) in [5, 5.41) is 8.74. The fourth-order valence-electron chi connectivity index (χ4n) is 4.43. The van der Waals surface area contributed by atoms with Gasteiger partial charge >= 0.3 is 0 Å². The molecule has 0 atom stereocenters. The van der Waals surface area contributed by atoms with Gasteiger partial charge in [-0.2, -0.15) is 10.1 Å². The van der Waals surface area contributed by atoms with Crippen LogP contribution in [0.15, 0.2) is 35.0 Å². The summed E-state index contributed by atoms with van der Waals surface area (Å²) < 4.78 is 7.25. The van der Waals surface area contributed by atoms with Crippen LogP contribution in [0.4, 0.5) is 0 Å². The molecule has 0 spiro atoms. The minimum absolute atomic E-state index is 0.558. The molecule has 6 nitrogen and oxygen atoms in total. The molecule has 6 heteroatoms.